The van der Waals surface area contributed by atoms with Crippen LogP contribution in [0.3, 0.4) is 0 Å². The van der Waals surface area contributed by atoms with Crippen molar-refractivity contribution in [3.63, 3.8) is 0 Å². The van der Waals surface area contributed by atoms with Gasteiger partial charge >= 0.3 is 0 Å². The Balaban J connectivity index is 0.00000144. The van der Waals surface area contributed by atoms with Gasteiger partial charge in [0.05, 0.1) is 6.07 Å². The first kappa shape index (κ1) is 14.2. The molecule has 83 valence electrons. The fraction of sp³-hybridized carbons (Fsp3) is 0.214. The second-order valence-corrected chi connectivity index (χ2v) is 4.00. The minimum Gasteiger partial charge on any atom is -0.393 e. The maximum absolute atomic E-state index is 8.71. The van der Waals surface area contributed by atoms with Crippen LogP contribution in [0.1, 0.15) is 24.5 Å². The molecule has 1 unspecified atom stereocenters. The summed E-state index contributed by atoms with van der Waals surface area (Å²) in [5.74, 6) is 0.433. The van der Waals surface area contributed by atoms with E-state index in [-0.39, 0.29) is 32.7 Å². The molecule has 1 N–H and O–H groups in total. The molecule has 1 atom stereocenters. The van der Waals surface area contributed by atoms with Crippen LogP contribution in [-0.4, -0.2) is 0 Å². The smallest absolute Gasteiger partial charge is 0.0990 e. The molecular formula is C14H13N2Y-. The van der Waals surface area contributed by atoms with Crippen LogP contribution in [0.25, 0.3) is 5.70 Å². The van der Waals surface area contributed by atoms with Crippen molar-refractivity contribution in [2.24, 2.45) is 5.92 Å². The molecule has 1 aromatic rings. The third-order valence-electron chi connectivity index (χ3n) is 2.77. The molecule has 1 heterocycles. The van der Waals surface area contributed by atoms with Gasteiger partial charge in [-0.15, -0.1) is 24.3 Å². The number of rotatable bonds is 1. The summed E-state index contributed by atoms with van der Waals surface area (Å²) in [6.07, 6.45) is 4.20. The normalized spacial score (nSPS) is 18.5. The van der Waals surface area contributed by atoms with Crippen LogP contribution in [0.5, 0.6) is 0 Å². The van der Waals surface area contributed by atoms with Crippen LogP contribution in [0.2, 0.25) is 0 Å². The third-order valence-corrected chi connectivity index (χ3v) is 2.77. The largest absolute Gasteiger partial charge is 0.393 e. The van der Waals surface area contributed by atoms with Gasteiger partial charge in [0, 0.05) is 44.0 Å². The van der Waals surface area contributed by atoms with Crippen LogP contribution in [0.4, 0.5) is 0 Å². The van der Waals surface area contributed by atoms with Crippen molar-refractivity contribution in [3.05, 3.63) is 53.7 Å². The van der Waals surface area contributed by atoms with Crippen LogP contribution >= 0.6 is 0 Å². The molecule has 1 aromatic carbocycles. The molecule has 17 heavy (non-hydrogen) atoms. The van der Waals surface area contributed by atoms with E-state index in [1.165, 1.54) is 0 Å². The van der Waals surface area contributed by atoms with E-state index in [0.717, 1.165) is 23.4 Å². The first-order chi connectivity index (χ1) is 7.70. The zero-order valence-corrected chi connectivity index (χ0v) is 12.7. The molecule has 3 heteroatoms. The van der Waals surface area contributed by atoms with Crippen molar-refractivity contribution >= 4 is 5.70 Å². The van der Waals surface area contributed by atoms with Crippen LogP contribution in [0, 0.1) is 23.3 Å². The van der Waals surface area contributed by atoms with E-state index >= 15 is 0 Å². The monoisotopic (exact) mass is 298 g/mol. The number of nitrogens with one attached hydrogen (secondary N) is 1. The van der Waals surface area contributed by atoms with Crippen LogP contribution < -0.4 is 5.32 Å². The molecule has 0 saturated heterocycles. The van der Waals surface area contributed by atoms with Gasteiger partial charge in [-0.2, -0.15) is 10.8 Å². The van der Waals surface area contributed by atoms with Crippen molar-refractivity contribution in [3.8, 4) is 6.07 Å². The van der Waals surface area contributed by atoms with E-state index < -0.39 is 0 Å². The number of nitriles is 1. The average Bonchev–Trinajstić information content (AvgIpc) is 2.33. The topological polar surface area (TPSA) is 35.8 Å². The van der Waals surface area contributed by atoms with Crippen molar-refractivity contribution in [2.45, 2.75) is 13.3 Å². The van der Waals surface area contributed by atoms with Gasteiger partial charge in [-0.1, -0.05) is 25.6 Å². The van der Waals surface area contributed by atoms with Gasteiger partial charge in [-0.05, 0) is 5.92 Å². The molecule has 0 bridgehead atoms. The minimum absolute atomic E-state index is 0. The van der Waals surface area contributed by atoms with Gasteiger partial charge in [0.25, 0.3) is 0 Å². The molecule has 0 saturated carbocycles. The van der Waals surface area contributed by atoms with Gasteiger partial charge in [0.2, 0.25) is 0 Å². The molecule has 0 aromatic heterocycles. The van der Waals surface area contributed by atoms with Gasteiger partial charge in [-0.25, -0.2) is 6.08 Å². The summed E-state index contributed by atoms with van der Waals surface area (Å²) in [5, 5.41) is 12.0. The van der Waals surface area contributed by atoms with E-state index in [4.69, 9.17) is 5.26 Å². The summed E-state index contributed by atoms with van der Waals surface area (Å²) >= 11 is 0. The fourth-order valence-corrected chi connectivity index (χ4v) is 1.59. The minimum atomic E-state index is 0. The first-order valence-electron chi connectivity index (χ1n) is 5.28. The maximum atomic E-state index is 8.71. The maximum Gasteiger partial charge on any atom is 0.0990 e. The van der Waals surface area contributed by atoms with E-state index in [2.05, 4.69) is 31.0 Å². The number of benzene rings is 1. The summed E-state index contributed by atoms with van der Waals surface area (Å²) in [4.78, 5) is 0. The molecule has 1 aliphatic rings. The van der Waals surface area contributed by atoms with Crippen molar-refractivity contribution in [2.75, 3.05) is 0 Å². The van der Waals surface area contributed by atoms with Gasteiger partial charge in [0.15, 0.2) is 0 Å². The predicted molar refractivity (Wildman–Crippen MR) is 63.9 cm³/mol. The molecule has 1 aliphatic heterocycles. The van der Waals surface area contributed by atoms with Crippen molar-refractivity contribution in [1.29, 1.82) is 5.26 Å². The van der Waals surface area contributed by atoms with E-state index in [9.17, 15) is 0 Å². The average molecular weight is 298 g/mol. The quantitative estimate of drug-likeness (QED) is 0.809. The zero-order valence-electron chi connectivity index (χ0n) is 9.83. The number of allylic oxidation sites excluding steroid dienone is 2. The predicted octanol–water partition coefficient (Wildman–Crippen LogP) is 2.84. The summed E-state index contributed by atoms with van der Waals surface area (Å²) in [6, 6.07) is 9.58. The summed E-state index contributed by atoms with van der Waals surface area (Å²) in [7, 11) is 0. The Kier molecular flexibility index (Phi) is 5.11. The molecule has 1 radical (unpaired) electrons. The van der Waals surface area contributed by atoms with Gasteiger partial charge < -0.3 is 5.32 Å². The Morgan fingerprint density at radius 1 is 1.41 bits per heavy atom. The van der Waals surface area contributed by atoms with Crippen LogP contribution in [0.15, 0.2) is 36.5 Å². The van der Waals surface area contributed by atoms with Gasteiger partial charge in [-0.3, -0.25) is 0 Å². The standard InChI is InChI=1S/C14H13N2.Y/c1-10-3-8-14(16-11(10)2)13-6-4-12(9-15)5-7-13;/h4-7,10,16H,2-3H2,1H3;/q-1;. The fourth-order valence-electron chi connectivity index (χ4n) is 1.59. The molecule has 2 rings (SSSR count). The Hall–Kier alpha value is -0.906. The summed E-state index contributed by atoms with van der Waals surface area (Å²) in [6.45, 7) is 6.10. The molecular weight excluding hydrogens is 285 g/mol. The van der Waals surface area contributed by atoms with Crippen molar-refractivity contribution in [1.82, 2.24) is 5.32 Å². The second-order valence-electron chi connectivity index (χ2n) is 4.00. The Bertz CT molecular complexity index is 480. The van der Waals surface area contributed by atoms with E-state index in [1.807, 2.05) is 24.3 Å². The summed E-state index contributed by atoms with van der Waals surface area (Å²) < 4.78 is 0. The Labute approximate surface area is 127 Å². The second kappa shape index (κ2) is 6.14. The molecule has 0 aliphatic carbocycles. The third kappa shape index (κ3) is 3.28. The number of nitrogens with zero attached hydrogens (tertiary/aromatic N) is 1. The Morgan fingerprint density at radius 3 is 2.59 bits per heavy atom. The molecule has 0 spiro atoms. The molecule has 0 fully saturated rings. The first-order valence-corrected chi connectivity index (χ1v) is 5.28. The number of hydrogen-bond acceptors (Lipinski definition) is 2. The summed E-state index contributed by atoms with van der Waals surface area (Å²) in [5.41, 5.74) is 3.71. The molecule has 2 nitrogen and oxygen atoms in total. The van der Waals surface area contributed by atoms with Gasteiger partial charge in [0.1, 0.15) is 0 Å². The molecule has 0 amide bonds. The van der Waals surface area contributed by atoms with Crippen molar-refractivity contribution < 1.29 is 32.7 Å². The van der Waals surface area contributed by atoms with E-state index in [1.54, 1.807) is 0 Å². The van der Waals surface area contributed by atoms with Crippen LogP contribution in [-0.2, 0) is 32.7 Å². The zero-order chi connectivity index (χ0) is 11.5. The Morgan fingerprint density at radius 2 is 2.06 bits per heavy atom. The van der Waals surface area contributed by atoms with E-state index in [0.29, 0.717) is 11.5 Å². The SMILES string of the molecule is C=C1NC(c2ccc(C#N)cc2)=[C-]CC1C.[Y]. The number of hydrogen-bond donors (Lipinski definition) is 1.